The predicted octanol–water partition coefficient (Wildman–Crippen LogP) is 2.06. The van der Waals surface area contributed by atoms with Gasteiger partial charge < -0.3 is 5.11 Å². The number of hydrogen-bond acceptors (Lipinski definition) is 4. The fourth-order valence-electron chi connectivity index (χ4n) is 2.86. The van der Waals surface area contributed by atoms with Gasteiger partial charge in [-0.1, -0.05) is 24.3 Å². The van der Waals surface area contributed by atoms with Crippen molar-refractivity contribution in [1.82, 2.24) is 4.90 Å². The number of hydrogen-bond donors (Lipinski definition) is 1. The van der Waals surface area contributed by atoms with Gasteiger partial charge in [0.1, 0.15) is 0 Å². The SMILES string of the molecule is O=[N+]([O-])c1ccccc1/C=C/CN1CC(O)(C2CC2)C1. The van der Waals surface area contributed by atoms with Gasteiger partial charge in [0.25, 0.3) is 5.69 Å². The number of para-hydroxylation sites is 1. The number of rotatable bonds is 5. The van der Waals surface area contributed by atoms with Crippen molar-refractivity contribution in [2.45, 2.75) is 18.4 Å². The maximum absolute atomic E-state index is 10.9. The topological polar surface area (TPSA) is 66.6 Å². The molecule has 5 heteroatoms. The minimum atomic E-state index is -0.466. The smallest absolute Gasteiger partial charge is 0.276 e. The predicted molar refractivity (Wildman–Crippen MR) is 76.2 cm³/mol. The highest BCUT2D eigenvalue weighted by molar-refractivity contribution is 5.60. The fraction of sp³-hybridized carbons (Fsp3) is 0.467. The summed E-state index contributed by atoms with van der Waals surface area (Å²) in [6.45, 7) is 2.17. The van der Waals surface area contributed by atoms with E-state index in [0.717, 1.165) is 32.5 Å². The Kier molecular flexibility index (Phi) is 3.31. The van der Waals surface area contributed by atoms with Crippen LogP contribution in [0.15, 0.2) is 30.3 Å². The maximum atomic E-state index is 10.9. The molecule has 1 saturated carbocycles. The van der Waals surface area contributed by atoms with E-state index in [-0.39, 0.29) is 10.6 Å². The van der Waals surface area contributed by atoms with E-state index < -0.39 is 5.60 Å². The molecule has 1 aliphatic heterocycles. The van der Waals surface area contributed by atoms with Gasteiger partial charge in [0.2, 0.25) is 0 Å². The van der Waals surface area contributed by atoms with Crippen LogP contribution in [0.1, 0.15) is 18.4 Å². The number of β-amino-alcohol motifs (C(OH)–C–C–N with tert-alkyl or cyclic N) is 1. The van der Waals surface area contributed by atoms with Crippen molar-refractivity contribution < 1.29 is 10.0 Å². The van der Waals surface area contributed by atoms with Crippen LogP contribution in [0, 0.1) is 16.0 Å². The van der Waals surface area contributed by atoms with Gasteiger partial charge in [-0.25, -0.2) is 0 Å². The summed E-state index contributed by atoms with van der Waals surface area (Å²) in [5.74, 6) is 0.498. The average Bonchev–Trinajstić information content (AvgIpc) is 3.21. The third-order valence-corrected chi connectivity index (χ3v) is 4.13. The van der Waals surface area contributed by atoms with Crippen LogP contribution >= 0.6 is 0 Å². The summed E-state index contributed by atoms with van der Waals surface area (Å²) in [6, 6.07) is 6.71. The fourth-order valence-corrected chi connectivity index (χ4v) is 2.86. The zero-order chi connectivity index (χ0) is 14.2. The summed E-state index contributed by atoms with van der Waals surface area (Å²) in [5, 5.41) is 21.1. The lowest BCUT2D eigenvalue weighted by molar-refractivity contribution is -0.385. The summed E-state index contributed by atoms with van der Waals surface area (Å²) in [4.78, 5) is 12.7. The Balaban J connectivity index is 1.55. The molecule has 2 fully saturated rings. The maximum Gasteiger partial charge on any atom is 0.276 e. The molecule has 2 aliphatic rings. The lowest BCUT2D eigenvalue weighted by atomic mass is 9.89. The quantitative estimate of drug-likeness (QED) is 0.659. The Morgan fingerprint density at radius 1 is 1.40 bits per heavy atom. The van der Waals surface area contributed by atoms with Gasteiger partial charge >= 0.3 is 0 Å². The van der Waals surface area contributed by atoms with Gasteiger partial charge in [0.15, 0.2) is 0 Å². The Hall–Kier alpha value is -1.72. The first-order valence-corrected chi connectivity index (χ1v) is 6.93. The van der Waals surface area contributed by atoms with E-state index >= 15 is 0 Å². The number of benzene rings is 1. The average molecular weight is 274 g/mol. The van der Waals surface area contributed by atoms with E-state index in [0.29, 0.717) is 11.5 Å². The van der Waals surface area contributed by atoms with Crippen LogP contribution in [-0.4, -0.2) is 40.2 Å². The van der Waals surface area contributed by atoms with Crippen molar-refractivity contribution in [3.05, 3.63) is 46.0 Å². The molecule has 0 amide bonds. The second-order valence-corrected chi connectivity index (χ2v) is 5.77. The Bertz CT molecular complexity index is 546. The van der Waals surface area contributed by atoms with Crippen LogP contribution in [0.4, 0.5) is 5.69 Å². The van der Waals surface area contributed by atoms with Gasteiger partial charge in [0, 0.05) is 25.7 Å². The Morgan fingerprint density at radius 3 is 2.75 bits per heavy atom. The molecule has 1 aromatic rings. The van der Waals surface area contributed by atoms with Crippen LogP contribution in [0.2, 0.25) is 0 Å². The highest BCUT2D eigenvalue weighted by atomic mass is 16.6. The van der Waals surface area contributed by atoms with Gasteiger partial charge in [-0.3, -0.25) is 15.0 Å². The van der Waals surface area contributed by atoms with Gasteiger partial charge in [-0.05, 0) is 24.8 Å². The van der Waals surface area contributed by atoms with Crippen molar-refractivity contribution in [3.8, 4) is 0 Å². The number of nitrogens with zero attached hydrogens (tertiary/aromatic N) is 2. The van der Waals surface area contributed by atoms with E-state index in [4.69, 9.17) is 0 Å². The summed E-state index contributed by atoms with van der Waals surface area (Å²) in [5.41, 5.74) is 0.282. The van der Waals surface area contributed by atoms with Crippen LogP contribution < -0.4 is 0 Å². The minimum absolute atomic E-state index is 0.127. The van der Waals surface area contributed by atoms with E-state index in [1.54, 1.807) is 24.3 Å². The molecular formula is C15H18N2O3. The van der Waals surface area contributed by atoms with Crippen LogP contribution in [0.3, 0.4) is 0 Å². The first-order valence-electron chi connectivity index (χ1n) is 6.93. The lowest BCUT2D eigenvalue weighted by Gasteiger charge is -2.46. The lowest BCUT2D eigenvalue weighted by Crippen LogP contribution is -2.62. The monoisotopic (exact) mass is 274 g/mol. The molecule has 1 heterocycles. The first-order chi connectivity index (χ1) is 9.58. The van der Waals surface area contributed by atoms with Crippen molar-refractivity contribution in [2.24, 2.45) is 5.92 Å². The highest BCUT2D eigenvalue weighted by Gasteiger charge is 2.51. The summed E-state index contributed by atoms with van der Waals surface area (Å²) < 4.78 is 0. The first kappa shape index (κ1) is 13.3. The third-order valence-electron chi connectivity index (χ3n) is 4.13. The second kappa shape index (κ2) is 5.00. The Morgan fingerprint density at radius 2 is 2.10 bits per heavy atom. The molecule has 3 rings (SSSR count). The van der Waals surface area contributed by atoms with Crippen LogP contribution in [0.5, 0.6) is 0 Å². The highest BCUT2D eigenvalue weighted by Crippen LogP contribution is 2.44. The normalized spacial score (nSPS) is 21.9. The second-order valence-electron chi connectivity index (χ2n) is 5.77. The molecule has 0 bridgehead atoms. The molecule has 0 aromatic heterocycles. The molecule has 0 atom stereocenters. The number of aliphatic hydroxyl groups is 1. The molecule has 106 valence electrons. The Labute approximate surface area is 117 Å². The van der Waals surface area contributed by atoms with E-state index in [1.807, 2.05) is 6.08 Å². The third kappa shape index (κ3) is 2.59. The van der Waals surface area contributed by atoms with Crippen LogP contribution in [-0.2, 0) is 0 Å². The van der Waals surface area contributed by atoms with E-state index in [2.05, 4.69) is 4.90 Å². The zero-order valence-corrected chi connectivity index (χ0v) is 11.2. The van der Waals surface area contributed by atoms with Gasteiger partial charge in [-0.15, -0.1) is 0 Å². The van der Waals surface area contributed by atoms with Gasteiger partial charge in [0.05, 0.1) is 16.1 Å². The number of likely N-dealkylation sites (tertiary alicyclic amines) is 1. The van der Waals surface area contributed by atoms with E-state index in [1.165, 1.54) is 6.07 Å². The summed E-state index contributed by atoms with van der Waals surface area (Å²) in [7, 11) is 0. The minimum Gasteiger partial charge on any atom is -0.387 e. The molecule has 0 spiro atoms. The van der Waals surface area contributed by atoms with Crippen molar-refractivity contribution in [3.63, 3.8) is 0 Å². The number of nitro groups is 1. The summed E-state index contributed by atoms with van der Waals surface area (Å²) in [6.07, 6.45) is 6.01. The standard InChI is InChI=1S/C15H18N2O3/c18-15(13-7-8-13)10-16(11-15)9-3-5-12-4-1-2-6-14(12)17(19)20/h1-6,13,18H,7-11H2/b5-3+. The molecular weight excluding hydrogens is 256 g/mol. The molecule has 1 aromatic carbocycles. The van der Waals surface area contributed by atoms with Crippen LogP contribution in [0.25, 0.3) is 6.08 Å². The largest absolute Gasteiger partial charge is 0.387 e. The zero-order valence-electron chi connectivity index (χ0n) is 11.2. The molecule has 1 aliphatic carbocycles. The number of nitro benzene ring substituents is 1. The summed E-state index contributed by atoms with van der Waals surface area (Å²) >= 11 is 0. The molecule has 20 heavy (non-hydrogen) atoms. The van der Waals surface area contributed by atoms with Crippen molar-refractivity contribution in [1.29, 1.82) is 0 Å². The van der Waals surface area contributed by atoms with Gasteiger partial charge in [-0.2, -0.15) is 0 Å². The molecule has 0 unspecified atom stereocenters. The molecule has 0 radical (unpaired) electrons. The molecule has 1 saturated heterocycles. The molecule has 5 nitrogen and oxygen atoms in total. The van der Waals surface area contributed by atoms with E-state index in [9.17, 15) is 15.2 Å². The molecule has 1 N–H and O–H groups in total. The van der Waals surface area contributed by atoms with Crippen molar-refractivity contribution in [2.75, 3.05) is 19.6 Å². The van der Waals surface area contributed by atoms with Crippen molar-refractivity contribution >= 4 is 11.8 Å².